The molecule has 2 aromatic rings. The third-order valence-corrected chi connectivity index (χ3v) is 3.11. The van der Waals surface area contributed by atoms with Gasteiger partial charge in [0.05, 0.1) is 6.54 Å². The van der Waals surface area contributed by atoms with Crippen molar-refractivity contribution in [2.45, 2.75) is 19.9 Å². The Morgan fingerprint density at radius 1 is 1.35 bits per heavy atom. The Bertz CT molecular complexity index is 538. The van der Waals surface area contributed by atoms with Crippen molar-refractivity contribution in [2.75, 3.05) is 27.2 Å². The van der Waals surface area contributed by atoms with Crippen molar-refractivity contribution < 1.29 is 4.52 Å². The molecule has 1 aromatic heterocycles. The number of nitrogens with zero attached hydrogens (tertiary/aromatic N) is 3. The van der Waals surface area contributed by atoms with Crippen molar-refractivity contribution in [3.8, 4) is 11.5 Å². The highest BCUT2D eigenvalue weighted by atomic mass is 16.5. The molecular weight excluding hydrogens is 252 g/mol. The van der Waals surface area contributed by atoms with Crippen LogP contribution in [0.1, 0.15) is 17.8 Å². The maximum absolute atomic E-state index is 5.33. The highest BCUT2D eigenvalue weighted by Crippen LogP contribution is 2.18. The van der Waals surface area contributed by atoms with Crippen LogP contribution in [0.25, 0.3) is 11.5 Å². The average Bonchev–Trinajstić information content (AvgIpc) is 2.87. The molecule has 1 aromatic carbocycles. The number of rotatable bonds is 7. The van der Waals surface area contributed by atoms with E-state index in [1.165, 1.54) is 5.56 Å². The predicted molar refractivity (Wildman–Crippen MR) is 79.3 cm³/mol. The van der Waals surface area contributed by atoms with E-state index >= 15 is 0 Å². The molecule has 0 amide bonds. The van der Waals surface area contributed by atoms with Crippen molar-refractivity contribution in [3.05, 3.63) is 35.7 Å². The minimum absolute atomic E-state index is 0.590. The molecule has 0 aliphatic rings. The van der Waals surface area contributed by atoms with Gasteiger partial charge in [0.25, 0.3) is 5.89 Å². The zero-order chi connectivity index (χ0) is 14.4. The molecule has 0 radical (unpaired) electrons. The summed E-state index contributed by atoms with van der Waals surface area (Å²) in [5.74, 6) is 1.32. The monoisotopic (exact) mass is 274 g/mol. The first-order chi connectivity index (χ1) is 9.69. The van der Waals surface area contributed by atoms with E-state index in [1.807, 2.05) is 25.2 Å². The highest BCUT2D eigenvalue weighted by Gasteiger charge is 2.10. The van der Waals surface area contributed by atoms with E-state index in [4.69, 9.17) is 4.52 Å². The zero-order valence-corrected chi connectivity index (χ0v) is 12.4. The first-order valence-corrected chi connectivity index (χ1v) is 6.92. The first kappa shape index (κ1) is 14.7. The molecule has 20 heavy (non-hydrogen) atoms. The van der Waals surface area contributed by atoms with Crippen LogP contribution >= 0.6 is 0 Å². The highest BCUT2D eigenvalue weighted by molar-refractivity contribution is 5.53. The molecule has 5 heteroatoms. The van der Waals surface area contributed by atoms with Gasteiger partial charge >= 0.3 is 0 Å². The molecule has 0 atom stereocenters. The van der Waals surface area contributed by atoms with Gasteiger partial charge < -0.3 is 9.84 Å². The standard InChI is InChI=1S/C15H22N4O/c1-12-6-4-7-13(10-12)15-17-14(18-20-15)11-19(3)9-5-8-16-2/h4,6-7,10,16H,5,8-9,11H2,1-3H3. The van der Waals surface area contributed by atoms with Crippen LogP contribution in [0.5, 0.6) is 0 Å². The Kier molecular flexibility index (Phi) is 5.26. The Morgan fingerprint density at radius 2 is 2.20 bits per heavy atom. The van der Waals surface area contributed by atoms with Gasteiger partial charge in [-0.2, -0.15) is 4.98 Å². The van der Waals surface area contributed by atoms with Crippen molar-refractivity contribution in [3.63, 3.8) is 0 Å². The van der Waals surface area contributed by atoms with Crippen LogP contribution in [-0.4, -0.2) is 42.2 Å². The second-order valence-electron chi connectivity index (χ2n) is 5.08. The summed E-state index contributed by atoms with van der Waals surface area (Å²) < 4.78 is 5.33. The number of aryl methyl sites for hydroxylation is 1. The molecule has 0 saturated carbocycles. The number of benzene rings is 1. The first-order valence-electron chi connectivity index (χ1n) is 6.92. The van der Waals surface area contributed by atoms with E-state index in [-0.39, 0.29) is 0 Å². The maximum atomic E-state index is 5.33. The Balaban J connectivity index is 1.95. The van der Waals surface area contributed by atoms with E-state index < -0.39 is 0 Å². The van der Waals surface area contributed by atoms with Crippen LogP contribution in [0.4, 0.5) is 0 Å². The van der Waals surface area contributed by atoms with E-state index in [0.29, 0.717) is 12.4 Å². The molecule has 0 bridgehead atoms. The van der Waals surface area contributed by atoms with E-state index in [0.717, 1.165) is 30.9 Å². The summed E-state index contributed by atoms with van der Waals surface area (Å²) in [6.07, 6.45) is 1.11. The minimum Gasteiger partial charge on any atom is -0.334 e. The van der Waals surface area contributed by atoms with Crippen molar-refractivity contribution in [2.24, 2.45) is 0 Å². The third-order valence-electron chi connectivity index (χ3n) is 3.11. The van der Waals surface area contributed by atoms with Gasteiger partial charge in [-0.25, -0.2) is 0 Å². The SMILES string of the molecule is CNCCCN(C)Cc1noc(-c2cccc(C)c2)n1. The lowest BCUT2D eigenvalue weighted by Crippen LogP contribution is -2.22. The fraction of sp³-hybridized carbons (Fsp3) is 0.467. The summed E-state index contributed by atoms with van der Waals surface area (Å²) in [4.78, 5) is 6.65. The van der Waals surface area contributed by atoms with Crippen molar-refractivity contribution in [1.82, 2.24) is 20.4 Å². The van der Waals surface area contributed by atoms with E-state index in [1.54, 1.807) is 0 Å². The number of nitrogens with one attached hydrogen (secondary N) is 1. The molecule has 1 N–H and O–H groups in total. The molecule has 0 aliphatic carbocycles. The summed E-state index contributed by atoms with van der Waals surface area (Å²) in [5.41, 5.74) is 2.16. The molecule has 0 saturated heterocycles. The largest absolute Gasteiger partial charge is 0.334 e. The molecule has 5 nitrogen and oxygen atoms in total. The fourth-order valence-electron chi connectivity index (χ4n) is 2.06. The van der Waals surface area contributed by atoms with Crippen molar-refractivity contribution in [1.29, 1.82) is 0 Å². The number of hydrogen-bond acceptors (Lipinski definition) is 5. The predicted octanol–water partition coefficient (Wildman–Crippen LogP) is 2.09. The Hall–Kier alpha value is -1.72. The van der Waals surface area contributed by atoms with Gasteiger partial charge in [-0.15, -0.1) is 0 Å². The summed E-state index contributed by atoms with van der Waals surface area (Å²) in [5, 5.41) is 7.19. The van der Waals surface area contributed by atoms with Gasteiger partial charge in [-0.05, 0) is 52.7 Å². The van der Waals surface area contributed by atoms with Crippen LogP contribution in [0.3, 0.4) is 0 Å². The summed E-state index contributed by atoms with van der Waals surface area (Å²) >= 11 is 0. The quantitative estimate of drug-likeness (QED) is 0.783. The second-order valence-corrected chi connectivity index (χ2v) is 5.08. The number of hydrogen-bond donors (Lipinski definition) is 1. The van der Waals surface area contributed by atoms with Crippen LogP contribution in [0.2, 0.25) is 0 Å². The van der Waals surface area contributed by atoms with Gasteiger partial charge in [-0.3, -0.25) is 4.90 Å². The summed E-state index contributed by atoms with van der Waals surface area (Å²) in [6, 6.07) is 8.09. The lowest BCUT2D eigenvalue weighted by molar-refractivity contribution is 0.305. The number of aromatic nitrogens is 2. The zero-order valence-electron chi connectivity index (χ0n) is 12.4. The molecule has 0 spiro atoms. The smallest absolute Gasteiger partial charge is 0.257 e. The lowest BCUT2D eigenvalue weighted by atomic mass is 10.1. The van der Waals surface area contributed by atoms with Gasteiger partial charge in [0, 0.05) is 5.56 Å². The van der Waals surface area contributed by atoms with E-state index in [9.17, 15) is 0 Å². The summed E-state index contributed by atoms with van der Waals surface area (Å²) in [7, 11) is 4.03. The van der Waals surface area contributed by atoms with Gasteiger partial charge in [-0.1, -0.05) is 22.9 Å². The Morgan fingerprint density at radius 3 is 2.95 bits per heavy atom. The molecule has 0 aliphatic heterocycles. The molecule has 1 heterocycles. The third kappa shape index (κ3) is 4.15. The molecule has 0 fully saturated rings. The summed E-state index contributed by atoms with van der Waals surface area (Å²) in [6.45, 7) is 4.79. The van der Waals surface area contributed by atoms with E-state index in [2.05, 4.69) is 40.4 Å². The lowest BCUT2D eigenvalue weighted by Gasteiger charge is -2.13. The molecule has 2 rings (SSSR count). The molecule has 0 unspecified atom stereocenters. The normalized spacial score (nSPS) is 11.2. The van der Waals surface area contributed by atoms with Gasteiger partial charge in [0.2, 0.25) is 0 Å². The van der Waals surface area contributed by atoms with Gasteiger partial charge in [0.1, 0.15) is 0 Å². The van der Waals surface area contributed by atoms with Crippen LogP contribution < -0.4 is 5.32 Å². The maximum Gasteiger partial charge on any atom is 0.257 e. The average molecular weight is 274 g/mol. The van der Waals surface area contributed by atoms with Crippen LogP contribution in [0.15, 0.2) is 28.8 Å². The fourth-order valence-corrected chi connectivity index (χ4v) is 2.06. The second kappa shape index (κ2) is 7.17. The minimum atomic E-state index is 0.590. The molecular formula is C15H22N4O. The van der Waals surface area contributed by atoms with Crippen LogP contribution in [0, 0.1) is 6.92 Å². The van der Waals surface area contributed by atoms with Crippen molar-refractivity contribution >= 4 is 0 Å². The molecule has 108 valence electrons. The topological polar surface area (TPSA) is 54.2 Å². The Labute approximate surface area is 120 Å². The van der Waals surface area contributed by atoms with Gasteiger partial charge in [0.15, 0.2) is 5.82 Å². The van der Waals surface area contributed by atoms with Crippen LogP contribution in [-0.2, 0) is 6.54 Å².